The van der Waals surface area contributed by atoms with Crippen LogP contribution in [0, 0.1) is 0 Å². The van der Waals surface area contributed by atoms with Crippen LogP contribution in [0.3, 0.4) is 0 Å². The van der Waals surface area contributed by atoms with E-state index in [0.717, 1.165) is 29.9 Å². The number of fused-ring (bicyclic) bond motifs is 3. The fourth-order valence-electron chi connectivity index (χ4n) is 2.27. The molecule has 0 spiro atoms. The average Bonchev–Trinajstić information content (AvgIpc) is 2.67. The molecule has 3 rings (SSSR count). The first kappa shape index (κ1) is 9.85. The number of hydrogen-bond donors (Lipinski definition) is 0. The van der Waals surface area contributed by atoms with Crippen molar-refractivity contribution in [3.05, 3.63) is 29.2 Å². The van der Waals surface area contributed by atoms with Crippen LogP contribution in [0.5, 0.6) is 0 Å². The fourth-order valence-corrected chi connectivity index (χ4v) is 2.27. The number of rotatable bonds is 1. The van der Waals surface area contributed by atoms with Gasteiger partial charge in [-0.15, -0.1) is 0 Å². The van der Waals surface area contributed by atoms with E-state index in [1.807, 2.05) is 12.3 Å². The zero-order valence-corrected chi connectivity index (χ0v) is 9.62. The van der Waals surface area contributed by atoms with Gasteiger partial charge in [0, 0.05) is 23.7 Å². The van der Waals surface area contributed by atoms with E-state index in [9.17, 15) is 0 Å². The Labute approximate surface area is 94.4 Å². The highest BCUT2D eigenvalue weighted by molar-refractivity contribution is 5.81. The monoisotopic (exact) mass is 217 g/mol. The van der Waals surface area contributed by atoms with Crippen LogP contribution in [-0.2, 0) is 17.8 Å². The summed E-state index contributed by atoms with van der Waals surface area (Å²) in [5.41, 5.74) is 4.46. The molecule has 3 nitrogen and oxygen atoms in total. The maximum absolute atomic E-state index is 5.90. The van der Waals surface area contributed by atoms with Crippen molar-refractivity contribution < 1.29 is 9.15 Å². The highest BCUT2D eigenvalue weighted by Crippen LogP contribution is 2.32. The summed E-state index contributed by atoms with van der Waals surface area (Å²) in [7, 11) is 0. The van der Waals surface area contributed by atoms with E-state index in [0.29, 0.717) is 12.5 Å². The van der Waals surface area contributed by atoms with Crippen LogP contribution < -0.4 is 0 Å². The largest absolute Gasteiger partial charge is 0.456 e. The van der Waals surface area contributed by atoms with Gasteiger partial charge in [-0.1, -0.05) is 13.8 Å². The zero-order chi connectivity index (χ0) is 11.1. The molecule has 0 saturated carbocycles. The molecule has 0 unspecified atom stereocenters. The highest BCUT2D eigenvalue weighted by atomic mass is 16.5. The van der Waals surface area contributed by atoms with E-state index in [4.69, 9.17) is 9.15 Å². The van der Waals surface area contributed by atoms with Gasteiger partial charge in [0.2, 0.25) is 0 Å². The minimum absolute atomic E-state index is 0.457. The third-order valence-corrected chi connectivity index (χ3v) is 3.13. The zero-order valence-electron chi connectivity index (χ0n) is 9.62. The summed E-state index contributed by atoms with van der Waals surface area (Å²) >= 11 is 0. The maximum atomic E-state index is 5.90. The lowest BCUT2D eigenvalue weighted by Crippen LogP contribution is -2.07. The minimum Gasteiger partial charge on any atom is -0.456 e. The Bertz CT molecular complexity index is 528. The number of hydrogen-bond acceptors (Lipinski definition) is 3. The molecule has 3 heterocycles. The molecule has 0 aliphatic carbocycles. The van der Waals surface area contributed by atoms with Gasteiger partial charge in [-0.2, -0.15) is 0 Å². The van der Waals surface area contributed by atoms with Gasteiger partial charge in [0.05, 0.1) is 6.61 Å². The van der Waals surface area contributed by atoms with E-state index in [1.165, 1.54) is 11.1 Å². The topological polar surface area (TPSA) is 35.3 Å². The molecule has 1 aliphatic rings. The van der Waals surface area contributed by atoms with Crippen LogP contribution in [0.15, 0.2) is 16.7 Å². The molecule has 0 fully saturated rings. The summed E-state index contributed by atoms with van der Waals surface area (Å²) in [6, 6.07) is 2.04. The number of nitrogens with zero attached hydrogens (tertiary/aromatic N) is 1. The summed E-state index contributed by atoms with van der Waals surface area (Å²) in [5.74, 6) is 1.42. The molecule has 1 aliphatic heterocycles. The van der Waals surface area contributed by atoms with Gasteiger partial charge in [0.15, 0.2) is 5.58 Å². The SMILES string of the molecule is CC(C)c1ccnc2c3c(oc12)COCC3. The summed E-state index contributed by atoms with van der Waals surface area (Å²) in [6.07, 6.45) is 2.79. The smallest absolute Gasteiger partial charge is 0.156 e. The molecule has 2 aromatic rings. The van der Waals surface area contributed by atoms with Crippen molar-refractivity contribution in [2.75, 3.05) is 6.61 Å². The summed E-state index contributed by atoms with van der Waals surface area (Å²) in [4.78, 5) is 4.45. The number of pyridine rings is 1. The van der Waals surface area contributed by atoms with Crippen molar-refractivity contribution in [2.24, 2.45) is 0 Å². The number of ether oxygens (including phenoxy) is 1. The predicted molar refractivity (Wildman–Crippen MR) is 61.5 cm³/mol. The normalized spacial score (nSPS) is 15.7. The Morgan fingerprint density at radius 3 is 3.06 bits per heavy atom. The van der Waals surface area contributed by atoms with Gasteiger partial charge < -0.3 is 9.15 Å². The molecule has 0 bridgehead atoms. The third kappa shape index (κ3) is 1.35. The second-order valence-corrected chi connectivity index (χ2v) is 4.54. The van der Waals surface area contributed by atoms with Gasteiger partial charge in [-0.3, -0.25) is 4.98 Å². The molecule has 0 amide bonds. The quantitative estimate of drug-likeness (QED) is 0.736. The molecule has 0 atom stereocenters. The molecule has 0 N–H and O–H groups in total. The van der Waals surface area contributed by atoms with E-state index in [1.54, 1.807) is 0 Å². The Hall–Kier alpha value is -1.35. The van der Waals surface area contributed by atoms with Gasteiger partial charge in [-0.25, -0.2) is 0 Å². The molecule has 2 aromatic heterocycles. The minimum atomic E-state index is 0.457. The Morgan fingerprint density at radius 2 is 2.25 bits per heavy atom. The van der Waals surface area contributed by atoms with Crippen LogP contribution >= 0.6 is 0 Å². The van der Waals surface area contributed by atoms with Gasteiger partial charge in [-0.05, 0) is 12.0 Å². The summed E-state index contributed by atoms with van der Waals surface area (Å²) in [6.45, 7) is 5.71. The molecule has 0 saturated heterocycles. The first-order valence-corrected chi connectivity index (χ1v) is 5.74. The molecular weight excluding hydrogens is 202 g/mol. The van der Waals surface area contributed by atoms with E-state index in [-0.39, 0.29) is 0 Å². The highest BCUT2D eigenvalue weighted by Gasteiger charge is 2.21. The van der Waals surface area contributed by atoms with Crippen LogP contribution in [-0.4, -0.2) is 11.6 Å². The van der Waals surface area contributed by atoms with Gasteiger partial charge in [0.25, 0.3) is 0 Å². The predicted octanol–water partition coefficient (Wildman–Crippen LogP) is 3.02. The fraction of sp³-hybridized carbons (Fsp3) is 0.462. The van der Waals surface area contributed by atoms with E-state index >= 15 is 0 Å². The molecule has 0 aromatic carbocycles. The van der Waals surface area contributed by atoms with Crippen molar-refractivity contribution in [3.8, 4) is 0 Å². The van der Waals surface area contributed by atoms with Crippen molar-refractivity contribution in [1.29, 1.82) is 0 Å². The van der Waals surface area contributed by atoms with Crippen LogP contribution in [0.2, 0.25) is 0 Å². The number of aromatic nitrogens is 1. The van der Waals surface area contributed by atoms with Crippen LogP contribution in [0.25, 0.3) is 11.1 Å². The standard InChI is InChI=1S/C13H15NO2/c1-8(2)9-3-5-14-12-10-4-6-15-7-11(10)16-13(9)12/h3,5,8H,4,6-7H2,1-2H3. The molecule has 3 heteroatoms. The lowest BCUT2D eigenvalue weighted by Gasteiger charge is -2.09. The molecular formula is C13H15NO2. The Kier molecular flexibility index (Phi) is 2.21. The molecule has 16 heavy (non-hydrogen) atoms. The van der Waals surface area contributed by atoms with Crippen molar-refractivity contribution in [2.45, 2.75) is 32.8 Å². The molecule has 84 valence electrons. The number of furan rings is 1. The first-order chi connectivity index (χ1) is 7.77. The van der Waals surface area contributed by atoms with Gasteiger partial charge >= 0.3 is 0 Å². The average molecular weight is 217 g/mol. The van der Waals surface area contributed by atoms with E-state index in [2.05, 4.69) is 18.8 Å². The lowest BCUT2D eigenvalue weighted by atomic mass is 10.0. The maximum Gasteiger partial charge on any atom is 0.156 e. The van der Waals surface area contributed by atoms with Crippen molar-refractivity contribution >= 4 is 11.1 Å². The third-order valence-electron chi connectivity index (χ3n) is 3.13. The summed E-state index contributed by atoms with van der Waals surface area (Å²) < 4.78 is 11.3. The molecule has 0 radical (unpaired) electrons. The lowest BCUT2D eigenvalue weighted by molar-refractivity contribution is 0.0952. The summed E-state index contributed by atoms with van der Waals surface area (Å²) in [5, 5.41) is 0. The first-order valence-electron chi connectivity index (χ1n) is 5.74. The second kappa shape index (κ2) is 3.59. The second-order valence-electron chi connectivity index (χ2n) is 4.54. The van der Waals surface area contributed by atoms with E-state index < -0.39 is 0 Å². The Balaban J connectivity index is 2.29. The van der Waals surface area contributed by atoms with Crippen LogP contribution in [0.4, 0.5) is 0 Å². The Morgan fingerprint density at radius 1 is 1.38 bits per heavy atom. The van der Waals surface area contributed by atoms with Crippen molar-refractivity contribution in [1.82, 2.24) is 4.98 Å². The van der Waals surface area contributed by atoms with Crippen molar-refractivity contribution in [3.63, 3.8) is 0 Å². The van der Waals surface area contributed by atoms with Crippen LogP contribution in [0.1, 0.15) is 36.7 Å². The van der Waals surface area contributed by atoms with Gasteiger partial charge in [0.1, 0.15) is 17.9 Å².